The van der Waals surface area contributed by atoms with Crippen molar-refractivity contribution in [2.75, 3.05) is 0 Å². The lowest BCUT2D eigenvalue weighted by Crippen LogP contribution is -1.85. The van der Waals surface area contributed by atoms with Crippen LogP contribution in [0, 0.1) is 0 Å². The van der Waals surface area contributed by atoms with E-state index in [2.05, 4.69) is 55.2 Å². The van der Waals surface area contributed by atoms with Crippen LogP contribution in [0.5, 0.6) is 0 Å². The lowest BCUT2D eigenvalue weighted by molar-refractivity contribution is -0.191. The molecule has 3 aromatic rings. The Bertz CT molecular complexity index is 771. The van der Waals surface area contributed by atoms with Gasteiger partial charge in [-0.3, -0.25) is 0 Å². The van der Waals surface area contributed by atoms with Crippen molar-refractivity contribution in [3.63, 3.8) is 0 Å². The molecule has 0 fully saturated rings. The summed E-state index contributed by atoms with van der Waals surface area (Å²) < 4.78 is 0. The van der Waals surface area contributed by atoms with Crippen LogP contribution in [0.2, 0.25) is 0 Å². The average molecular weight is 323 g/mol. The Morgan fingerprint density at radius 2 is 1.52 bits per heavy atom. The van der Waals surface area contributed by atoms with Crippen molar-refractivity contribution in [3.05, 3.63) is 66.4 Å². The summed E-state index contributed by atoms with van der Waals surface area (Å²) in [4.78, 5) is 22.0. The van der Waals surface area contributed by atoms with Gasteiger partial charge in [-0.1, -0.05) is 68.4 Å². The molecule has 0 bridgehead atoms. The summed E-state index contributed by atoms with van der Waals surface area (Å²) in [6.07, 6.45) is 2.22. The zero-order chi connectivity index (χ0) is 16.7. The molecule has 0 saturated carbocycles. The standard InChI is InChI=1S/C18H17NS.CO2/c1-13(2)14-8-10-15(11-9-14)17-12-19-18(20-17)16-6-4-3-5-7-16;2-1-3/h3-13H,1-2H3;. The molecule has 1 heterocycles. The van der Waals surface area contributed by atoms with Gasteiger partial charge < -0.3 is 0 Å². The summed E-state index contributed by atoms with van der Waals surface area (Å²) in [5.41, 5.74) is 3.80. The molecule has 116 valence electrons. The maximum absolute atomic E-state index is 8.12. The molecule has 0 saturated heterocycles. The topological polar surface area (TPSA) is 47.0 Å². The highest BCUT2D eigenvalue weighted by Crippen LogP contribution is 2.32. The summed E-state index contributed by atoms with van der Waals surface area (Å²) in [5, 5.41) is 1.08. The van der Waals surface area contributed by atoms with E-state index in [1.165, 1.54) is 21.6 Å². The molecule has 0 aliphatic rings. The van der Waals surface area contributed by atoms with Crippen LogP contribution in [0.15, 0.2) is 60.8 Å². The van der Waals surface area contributed by atoms with Crippen molar-refractivity contribution in [3.8, 4) is 21.0 Å². The van der Waals surface area contributed by atoms with Gasteiger partial charge in [0.1, 0.15) is 5.01 Å². The third kappa shape index (κ3) is 4.46. The monoisotopic (exact) mass is 323 g/mol. The highest BCUT2D eigenvalue weighted by molar-refractivity contribution is 7.18. The summed E-state index contributed by atoms with van der Waals surface area (Å²) >= 11 is 1.74. The van der Waals surface area contributed by atoms with E-state index >= 15 is 0 Å². The molecule has 0 amide bonds. The number of rotatable bonds is 3. The Hall–Kier alpha value is -2.55. The van der Waals surface area contributed by atoms with Gasteiger partial charge in [0.25, 0.3) is 0 Å². The fourth-order valence-electron chi connectivity index (χ4n) is 2.15. The molecule has 0 spiro atoms. The van der Waals surface area contributed by atoms with Gasteiger partial charge in [-0.25, -0.2) is 4.98 Å². The zero-order valence-electron chi connectivity index (χ0n) is 13.0. The minimum Gasteiger partial charge on any atom is -0.244 e. The first-order valence-corrected chi connectivity index (χ1v) is 8.08. The van der Waals surface area contributed by atoms with Crippen LogP contribution in [0.3, 0.4) is 0 Å². The first-order chi connectivity index (χ1) is 11.2. The predicted octanol–water partition coefficient (Wildman–Crippen LogP) is 5.02. The predicted molar refractivity (Wildman–Crippen MR) is 92.1 cm³/mol. The van der Waals surface area contributed by atoms with E-state index in [9.17, 15) is 0 Å². The molecule has 2 aromatic carbocycles. The quantitative estimate of drug-likeness (QED) is 0.680. The third-order valence-electron chi connectivity index (χ3n) is 3.39. The zero-order valence-corrected chi connectivity index (χ0v) is 13.8. The van der Waals surface area contributed by atoms with E-state index in [-0.39, 0.29) is 6.15 Å². The van der Waals surface area contributed by atoms with Crippen molar-refractivity contribution in [1.82, 2.24) is 4.98 Å². The van der Waals surface area contributed by atoms with Gasteiger partial charge in [0.2, 0.25) is 0 Å². The van der Waals surface area contributed by atoms with Crippen molar-refractivity contribution < 1.29 is 9.59 Å². The van der Waals surface area contributed by atoms with Crippen molar-refractivity contribution >= 4 is 17.5 Å². The third-order valence-corrected chi connectivity index (χ3v) is 4.48. The van der Waals surface area contributed by atoms with Gasteiger partial charge in [0, 0.05) is 11.8 Å². The molecule has 0 aliphatic heterocycles. The molecule has 0 atom stereocenters. The van der Waals surface area contributed by atoms with E-state index < -0.39 is 0 Å². The summed E-state index contributed by atoms with van der Waals surface area (Å²) in [5.74, 6) is 0.574. The molecule has 23 heavy (non-hydrogen) atoms. The molecular formula is C19H17NO2S. The second-order valence-electron chi connectivity index (χ2n) is 5.26. The lowest BCUT2D eigenvalue weighted by atomic mass is 10.0. The fraction of sp³-hybridized carbons (Fsp3) is 0.158. The number of nitrogens with zero attached hydrogens (tertiary/aromatic N) is 1. The molecule has 0 unspecified atom stereocenters. The summed E-state index contributed by atoms with van der Waals surface area (Å²) in [6.45, 7) is 4.43. The molecule has 0 N–H and O–H groups in total. The fourth-order valence-corrected chi connectivity index (χ4v) is 3.08. The number of thiazole rings is 1. The van der Waals surface area contributed by atoms with Crippen LogP contribution < -0.4 is 0 Å². The second kappa shape index (κ2) is 8.18. The Morgan fingerprint density at radius 3 is 2.09 bits per heavy atom. The van der Waals surface area contributed by atoms with Crippen LogP contribution in [0.25, 0.3) is 21.0 Å². The maximum atomic E-state index is 8.12. The van der Waals surface area contributed by atoms with Crippen molar-refractivity contribution in [2.24, 2.45) is 0 Å². The van der Waals surface area contributed by atoms with Crippen LogP contribution >= 0.6 is 11.3 Å². The highest BCUT2D eigenvalue weighted by Gasteiger charge is 2.07. The first kappa shape index (κ1) is 16.8. The molecular weight excluding hydrogens is 306 g/mol. The Morgan fingerprint density at radius 1 is 0.913 bits per heavy atom. The van der Waals surface area contributed by atoms with Crippen LogP contribution in [0.1, 0.15) is 25.3 Å². The Kier molecular flexibility index (Phi) is 5.98. The van der Waals surface area contributed by atoms with Gasteiger partial charge in [0.15, 0.2) is 0 Å². The van der Waals surface area contributed by atoms with E-state index in [0.717, 1.165) is 5.01 Å². The molecule has 4 heteroatoms. The Balaban J connectivity index is 0.000000595. The van der Waals surface area contributed by atoms with Gasteiger partial charge in [-0.15, -0.1) is 11.3 Å². The second-order valence-corrected chi connectivity index (χ2v) is 6.29. The summed E-state index contributed by atoms with van der Waals surface area (Å²) in [7, 11) is 0. The van der Waals surface area contributed by atoms with Gasteiger partial charge in [-0.05, 0) is 17.0 Å². The van der Waals surface area contributed by atoms with E-state index in [0.29, 0.717) is 5.92 Å². The van der Waals surface area contributed by atoms with E-state index in [1.807, 2.05) is 24.4 Å². The van der Waals surface area contributed by atoms with Crippen LogP contribution in [0.4, 0.5) is 0 Å². The SMILES string of the molecule is CC(C)c1ccc(-c2cnc(-c3ccccc3)s2)cc1.O=C=O. The van der Waals surface area contributed by atoms with Gasteiger partial charge in [0.05, 0.1) is 4.88 Å². The first-order valence-electron chi connectivity index (χ1n) is 7.26. The highest BCUT2D eigenvalue weighted by atomic mass is 32.1. The van der Waals surface area contributed by atoms with Crippen molar-refractivity contribution in [1.29, 1.82) is 0 Å². The van der Waals surface area contributed by atoms with Crippen molar-refractivity contribution in [2.45, 2.75) is 19.8 Å². The lowest BCUT2D eigenvalue weighted by Gasteiger charge is -2.05. The minimum absolute atomic E-state index is 0.250. The normalized spacial score (nSPS) is 9.87. The van der Waals surface area contributed by atoms with Crippen LogP contribution in [-0.4, -0.2) is 11.1 Å². The van der Waals surface area contributed by atoms with Gasteiger partial charge >= 0.3 is 6.15 Å². The maximum Gasteiger partial charge on any atom is 0.373 e. The molecule has 3 rings (SSSR count). The smallest absolute Gasteiger partial charge is 0.244 e. The number of hydrogen-bond acceptors (Lipinski definition) is 4. The minimum atomic E-state index is 0.250. The number of hydrogen-bond donors (Lipinski definition) is 0. The number of benzene rings is 2. The summed E-state index contributed by atoms with van der Waals surface area (Å²) in [6, 6.07) is 19.1. The Labute approximate surface area is 139 Å². The number of carbonyl (C=O) groups excluding carboxylic acids is 2. The average Bonchev–Trinajstić information content (AvgIpc) is 3.06. The van der Waals surface area contributed by atoms with E-state index in [1.54, 1.807) is 11.3 Å². The largest absolute Gasteiger partial charge is 0.373 e. The molecule has 3 nitrogen and oxygen atoms in total. The molecule has 0 aliphatic carbocycles. The number of aromatic nitrogens is 1. The molecule has 1 aromatic heterocycles. The van der Waals surface area contributed by atoms with Crippen LogP contribution in [-0.2, 0) is 9.59 Å². The van der Waals surface area contributed by atoms with Gasteiger partial charge in [-0.2, -0.15) is 9.59 Å². The van der Waals surface area contributed by atoms with E-state index in [4.69, 9.17) is 9.59 Å². The molecule has 0 radical (unpaired) electrons.